The maximum absolute atomic E-state index is 12.0. The Hall–Kier alpha value is -0.790. The quantitative estimate of drug-likeness (QED) is 0.541. The molecule has 0 amide bonds. The monoisotopic (exact) mass is 240 g/mol. The van der Waals surface area contributed by atoms with Crippen molar-refractivity contribution in [2.24, 2.45) is 10.8 Å². The van der Waals surface area contributed by atoms with E-state index in [0.29, 0.717) is 0 Å². The standard InChI is InChI=1S/C15H28O2/c1-11(2)15(9,10-13(3,4)5)17-12(16)14(6,7)8/h1,10H2,2-9H3/t15-/m0/s1. The normalized spacial score (nSPS) is 16.2. The van der Waals surface area contributed by atoms with Gasteiger partial charge in [0.25, 0.3) is 0 Å². The zero-order valence-corrected chi connectivity index (χ0v) is 12.7. The molecule has 0 aromatic carbocycles. The number of hydrogen-bond acceptors (Lipinski definition) is 2. The van der Waals surface area contributed by atoms with Gasteiger partial charge >= 0.3 is 5.97 Å². The highest BCUT2D eigenvalue weighted by Crippen LogP contribution is 2.35. The molecule has 0 saturated heterocycles. The zero-order chi connectivity index (χ0) is 14.1. The minimum Gasteiger partial charge on any atom is -0.454 e. The summed E-state index contributed by atoms with van der Waals surface area (Å²) < 4.78 is 5.70. The molecular weight excluding hydrogens is 212 g/mol. The van der Waals surface area contributed by atoms with Gasteiger partial charge in [-0.3, -0.25) is 4.79 Å². The van der Waals surface area contributed by atoms with Crippen molar-refractivity contribution in [3.63, 3.8) is 0 Å². The molecule has 0 N–H and O–H groups in total. The van der Waals surface area contributed by atoms with Crippen molar-refractivity contribution in [3.8, 4) is 0 Å². The van der Waals surface area contributed by atoms with Gasteiger partial charge in [0.05, 0.1) is 5.41 Å². The second-order valence-corrected chi connectivity index (χ2v) is 7.39. The summed E-state index contributed by atoms with van der Waals surface area (Å²) in [6, 6.07) is 0. The van der Waals surface area contributed by atoms with E-state index in [1.54, 1.807) is 0 Å². The molecule has 17 heavy (non-hydrogen) atoms. The fourth-order valence-corrected chi connectivity index (χ4v) is 1.64. The van der Waals surface area contributed by atoms with Crippen LogP contribution in [0.2, 0.25) is 0 Å². The van der Waals surface area contributed by atoms with Crippen LogP contribution in [0.4, 0.5) is 0 Å². The van der Waals surface area contributed by atoms with Crippen molar-refractivity contribution in [1.29, 1.82) is 0 Å². The van der Waals surface area contributed by atoms with Crippen LogP contribution < -0.4 is 0 Å². The maximum atomic E-state index is 12.0. The third-order valence-corrected chi connectivity index (χ3v) is 2.70. The van der Waals surface area contributed by atoms with E-state index >= 15 is 0 Å². The van der Waals surface area contributed by atoms with Crippen LogP contribution in [-0.2, 0) is 9.53 Å². The largest absolute Gasteiger partial charge is 0.454 e. The van der Waals surface area contributed by atoms with Gasteiger partial charge in [-0.2, -0.15) is 0 Å². The molecule has 0 aliphatic heterocycles. The Labute approximate surface area is 106 Å². The lowest BCUT2D eigenvalue weighted by atomic mass is 9.79. The Morgan fingerprint density at radius 3 is 1.71 bits per heavy atom. The van der Waals surface area contributed by atoms with Gasteiger partial charge in [0.1, 0.15) is 5.60 Å². The summed E-state index contributed by atoms with van der Waals surface area (Å²) in [5.41, 5.74) is -0.0756. The number of ether oxygens (including phenoxy) is 1. The fourth-order valence-electron chi connectivity index (χ4n) is 1.64. The van der Waals surface area contributed by atoms with Crippen LogP contribution in [0.5, 0.6) is 0 Å². The van der Waals surface area contributed by atoms with Gasteiger partial charge in [0.15, 0.2) is 0 Å². The zero-order valence-electron chi connectivity index (χ0n) is 12.7. The molecule has 0 unspecified atom stereocenters. The van der Waals surface area contributed by atoms with E-state index in [9.17, 15) is 4.79 Å². The third kappa shape index (κ3) is 5.38. The first-order chi connectivity index (χ1) is 7.28. The van der Waals surface area contributed by atoms with Crippen LogP contribution >= 0.6 is 0 Å². The van der Waals surface area contributed by atoms with Gasteiger partial charge in [-0.05, 0) is 52.0 Å². The predicted molar refractivity (Wildman–Crippen MR) is 72.8 cm³/mol. The Morgan fingerprint density at radius 2 is 1.47 bits per heavy atom. The summed E-state index contributed by atoms with van der Waals surface area (Å²) in [5, 5.41) is 0. The fraction of sp³-hybridized carbons (Fsp3) is 0.800. The molecule has 0 fully saturated rings. The molecule has 0 aromatic rings. The van der Waals surface area contributed by atoms with E-state index in [4.69, 9.17) is 4.74 Å². The highest BCUT2D eigenvalue weighted by atomic mass is 16.6. The van der Waals surface area contributed by atoms with Crippen LogP contribution in [0.15, 0.2) is 12.2 Å². The Kier molecular flexibility index (Phi) is 4.61. The van der Waals surface area contributed by atoms with Crippen molar-refractivity contribution >= 4 is 5.97 Å². The van der Waals surface area contributed by atoms with Gasteiger partial charge in [-0.15, -0.1) is 0 Å². The van der Waals surface area contributed by atoms with Gasteiger partial charge in [-0.25, -0.2) is 0 Å². The highest BCUT2D eigenvalue weighted by molar-refractivity contribution is 5.76. The molecule has 0 bridgehead atoms. The third-order valence-electron chi connectivity index (χ3n) is 2.70. The van der Waals surface area contributed by atoms with E-state index in [-0.39, 0.29) is 11.4 Å². The molecule has 0 saturated carbocycles. The summed E-state index contributed by atoms with van der Waals surface area (Å²) in [7, 11) is 0. The summed E-state index contributed by atoms with van der Waals surface area (Å²) in [5.74, 6) is -0.174. The van der Waals surface area contributed by atoms with Gasteiger partial charge in [-0.1, -0.05) is 27.4 Å². The molecule has 0 aliphatic carbocycles. The van der Waals surface area contributed by atoms with Crippen LogP contribution in [0.1, 0.15) is 61.8 Å². The average Bonchev–Trinajstić information content (AvgIpc) is 1.97. The number of carbonyl (C=O) groups is 1. The molecular formula is C15H28O2. The van der Waals surface area contributed by atoms with Gasteiger partial charge in [0, 0.05) is 0 Å². The lowest BCUT2D eigenvalue weighted by Gasteiger charge is -2.37. The maximum Gasteiger partial charge on any atom is 0.312 e. The first kappa shape index (κ1) is 16.2. The lowest BCUT2D eigenvalue weighted by Crippen LogP contribution is -2.40. The van der Waals surface area contributed by atoms with E-state index in [1.807, 2.05) is 34.6 Å². The molecule has 0 radical (unpaired) electrons. The number of hydrogen-bond donors (Lipinski definition) is 0. The van der Waals surface area contributed by atoms with E-state index < -0.39 is 11.0 Å². The molecule has 2 heteroatoms. The Bertz CT molecular complexity index is 302. The van der Waals surface area contributed by atoms with Crippen LogP contribution in [-0.4, -0.2) is 11.6 Å². The summed E-state index contributed by atoms with van der Waals surface area (Å²) in [6.07, 6.45) is 0.775. The van der Waals surface area contributed by atoms with Gasteiger partial charge in [0.2, 0.25) is 0 Å². The Morgan fingerprint density at radius 1 is 1.06 bits per heavy atom. The van der Waals surface area contributed by atoms with Crippen LogP contribution in [0, 0.1) is 10.8 Å². The van der Waals surface area contributed by atoms with Crippen molar-refractivity contribution < 1.29 is 9.53 Å². The van der Waals surface area contributed by atoms with E-state index in [0.717, 1.165) is 12.0 Å². The van der Waals surface area contributed by atoms with Crippen LogP contribution in [0.25, 0.3) is 0 Å². The molecule has 0 heterocycles. The Balaban J connectivity index is 5.00. The van der Waals surface area contributed by atoms with E-state index in [1.165, 1.54) is 0 Å². The number of rotatable bonds is 3. The summed E-state index contributed by atoms with van der Waals surface area (Å²) in [4.78, 5) is 12.0. The van der Waals surface area contributed by atoms with Crippen LogP contribution in [0.3, 0.4) is 0 Å². The molecule has 0 aliphatic rings. The SMILES string of the molecule is C=C(C)[C@](C)(CC(C)(C)C)OC(=O)C(C)(C)C. The highest BCUT2D eigenvalue weighted by Gasteiger charge is 2.37. The average molecular weight is 240 g/mol. The molecule has 2 nitrogen and oxygen atoms in total. The van der Waals surface area contributed by atoms with Crippen molar-refractivity contribution in [3.05, 3.63) is 12.2 Å². The molecule has 0 aromatic heterocycles. The summed E-state index contributed by atoms with van der Waals surface area (Å²) >= 11 is 0. The predicted octanol–water partition coefficient (Wildman–Crippen LogP) is 4.35. The first-order valence-corrected chi connectivity index (χ1v) is 6.17. The molecule has 100 valence electrons. The number of carbonyl (C=O) groups excluding carboxylic acids is 1. The van der Waals surface area contributed by atoms with E-state index in [2.05, 4.69) is 27.4 Å². The smallest absolute Gasteiger partial charge is 0.312 e. The number of esters is 1. The second kappa shape index (κ2) is 4.83. The minimum absolute atomic E-state index is 0.0892. The first-order valence-electron chi connectivity index (χ1n) is 6.17. The molecule has 0 rings (SSSR count). The van der Waals surface area contributed by atoms with Crippen molar-refractivity contribution in [2.75, 3.05) is 0 Å². The summed E-state index contributed by atoms with van der Waals surface area (Å²) in [6.45, 7) is 19.8. The second-order valence-electron chi connectivity index (χ2n) is 7.39. The molecule has 0 spiro atoms. The minimum atomic E-state index is -0.581. The topological polar surface area (TPSA) is 26.3 Å². The van der Waals surface area contributed by atoms with Crippen molar-refractivity contribution in [2.45, 2.75) is 67.4 Å². The van der Waals surface area contributed by atoms with Crippen molar-refractivity contribution in [1.82, 2.24) is 0 Å². The molecule has 1 atom stereocenters. The lowest BCUT2D eigenvalue weighted by molar-refractivity contribution is -0.166. The van der Waals surface area contributed by atoms with Gasteiger partial charge < -0.3 is 4.74 Å².